The van der Waals surface area contributed by atoms with Crippen LogP contribution in [0.2, 0.25) is 0 Å². The summed E-state index contributed by atoms with van der Waals surface area (Å²) in [7, 11) is 0. The van der Waals surface area contributed by atoms with E-state index < -0.39 is 22.3 Å². The number of nitrogens with zero attached hydrogens (tertiary/aromatic N) is 6. The van der Waals surface area contributed by atoms with E-state index in [2.05, 4.69) is 20.1 Å². The summed E-state index contributed by atoms with van der Waals surface area (Å²) in [5.74, 6) is -1.28. The molecule has 0 saturated carbocycles. The van der Waals surface area contributed by atoms with Gasteiger partial charge in [-0.15, -0.1) is 0 Å². The maximum Gasteiger partial charge on any atom is 0.363 e. The average molecular weight is 286 g/mol. The van der Waals surface area contributed by atoms with Crippen molar-refractivity contribution in [3.63, 3.8) is 0 Å². The van der Waals surface area contributed by atoms with Gasteiger partial charge in [-0.3, -0.25) is 15.1 Å². The number of aromatic nitrogens is 5. The molecule has 0 unspecified atom stereocenters. The van der Waals surface area contributed by atoms with Crippen LogP contribution in [0, 0.1) is 10.1 Å². The highest BCUT2D eigenvalue weighted by Crippen LogP contribution is 2.19. The lowest BCUT2D eigenvalue weighted by Gasteiger charge is -2.00. The van der Waals surface area contributed by atoms with Gasteiger partial charge in [0.25, 0.3) is 0 Å². The van der Waals surface area contributed by atoms with Crippen LogP contribution >= 0.6 is 0 Å². The molecule has 104 valence electrons. The van der Waals surface area contributed by atoms with Crippen LogP contribution in [0.25, 0.3) is 17.0 Å². The number of rotatable bonds is 3. The van der Waals surface area contributed by atoms with Gasteiger partial charge in [-0.1, -0.05) is 0 Å². The van der Waals surface area contributed by atoms with E-state index in [1.807, 2.05) is 0 Å². The number of pyridine rings is 1. The molecular weight excluding hydrogens is 280 g/mol. The fourth-order valence-corrected chi connectivity index (χ4v) is 1.74. The number of aromatic carboxylic acids is 1. The van der Waals surface area contributed by atoms with E-state index in [0.29, 0.717) is 11.2 Å². The molecule has 0 aromatic carbocycles. The minimum Gasteiger partial charge on any atom is -0.476 e. The van der Waals surface area contributed by atoms with Crippen LogP contribution in [0.1, 0.15) is 10.5 Å². The molecule has 0 aliphatic rings. The summed E-state index contributed by atoms with van der Waals surface area (Å²) in [6.45, 7) is 0. The summed E-state index contributed by atoms with van der Waals surface area (Å²) in [5.41, 5.74) is -0.393. The molecule has 0 atom stereocenters. The van der Waals surface area contributed by atoms with Crippen LogP contribution in [0.15, 0.2) is 30.7 Å². The Morgan fingerprint density at radius 3 is 2.71 bits per heavy atom. The van der Waals surface area contributed by atoms with Crippen LogP contribution in [0.4, 0.5) is 5.69 Å². The highest BCUT2D eigenvalue weighted by atomic mass is 16.6. The Kier molecular flexibility index (Phi) is 2.76. The molecule has 3 aromatic heterocycles. The van der Waals surface area contributed by atoms with Crippen LogP contribution < -0.4 is 0 Å². The molecule has 10 nitrogen and oxygen atoms in total. The Hall–Kier alpha value is -3.43. The normalized spacial score (nSPS) is 10.7. The molecule has 21 heavy (non-hydrogen) atoms. The molecule has 0 amide bonds. The van der Waals surface area contributed by atoms with Crippen molar-refractivity contribution in [2.45, 2.75) is 0 Å². The number of hydrogen-bond donors (Lipinski definition) is 1. The van der Waals surface area contributed by atoms with Gasteiger partial charge in [0.05, 0.1) is 4.92 Å². The second-order valence-corrected chi connectivity index (χ2v) is 3.94. The molecule has 0 radical (unpaired) electrons. The minimum atomic E-state index is -1.49. The number of carbonyl (C=O) groups is 1. The van der Waals surface area contributed by atoms with Gasteiger partial charge in [-0.05, 0) is 12.1 Å². The second kappa shape index (κ2) is 4.59. The predicted molar refractivity (Wildman–Crippen MR) is 68.1 cm³/mol. The van der Waals surface area contributed by atoms with Crippen molar-refractivity contribution in [3.8, 4) is 5.82 Å². The third-order valence-electron chi connectivity index (χ3n) is 2.65. The van der Waals surface area contributed by atoms with Crippen molar-refractivity contribution in [1.29, 1.82) is 0 Å². The highest BCUT2D eigenvalue weighted by Gasteiger charge is 2.26. The van der Waals surface area contributed by atoms with Crippen molar-refractivity contribution in [3.05, 3.63) is 46.5 Å². The van der Waals surface area contributed by atoms with E-state index in [-0.39, 0.29) is 5.82 Å². The van der Waals surface area contributed by atoms with Gasteiger partial charge in [-0.2, -0.15) is 5.10 Å². The summed E-state index contributed by atoms with van der Waals surface area (Å²) >= 11 is 0. The zero-order valence-electron chi connectivity index (χ0n) is 10.2. The van der Waals surface area contributed by atoms with Crippen LogP contribution in [-0.4, -0.2) is 40.7 Å². The van der Waals surface area contributed by atoms with E-state index in [0.717, 1.165) is 10.9 Å². The lowest BCUT2D eigenvalue weighted by atomic mass is 10.4. The minimum absolute atomic E-state index is 0.207. The number of carboxylic acid groups (broad SMARTS) is 1. The molecule has 3 heterocycles. The Bertz CT molecular complexity index is 843. The van der Waals surface area contributed by atoms with Gasteiger partial charge in [0.1, 0.15) is 11.7 Å². The first-order chi connectivity index (χ1) is 10.1. The highest BCUT2D eigenvalue weighted by molar-refractivity contribution is 5.90. The molecule has 1 N–H and O–H groups in total. The molecular formula is C11H6N6O4. The summed E-state index contributed by atoms with van der Waals surface area (Å²) < 4.78 is 1.02. The van der Waals surface area contributed by atoms with Crippen LogP contribution in [0.3, 0.4) is 0 Å². The smallest absolute Gasteiger partial charge is 0.363 e. The van der Waals surface area contributed by atoms with E-state index >= 15 is 0 Å². The number of fused-ring (bicyclic) bond motifs is 1. The fourth-order valence-electron chi connectivity index (χ4n) is 1.74. The molecule has 0 bridgehead atoms. The van der Waals surface area contributed by atoms with Crippen LogP contribution in [0.5, 0.6) is 0 Å². The SMILES string of the molecule is O=C(O)c1nn(-c2ccc3nccnc3n2)cc1[N+](=O)[O-]. The number of carboxylic acids is 1. The zero-order valence-corrected chi connectivity index (χ0v) is 10.2. The van der Waals surface area contributed by atoms with Crippen LogP contribution in [-0.2, 0) is 0 Å². The molecule has 0 fully saturated rings. The van der Waals surface area contributed by atoms with Crippen molar-refractivity contribution in [2.24, 2.45) is 0 Å². The van der Waals surface area contributed by atoms with Crippen molar-refractivity contribution in [1.82, 2.24) is 24.7 Å². The predicted octanol–water partition coefficient (Wildman–Crippen LogP) is 0.817. The summed E-state index contributed by atoms with van der Waals surface area (Å²) in [6.07, 6.45) is 3.95. The maximum atomic E-state index is 11.0. The molecule has 0 aliphatic heterocycles. The van der Waals surface area contributed by atoms with Crippen molar-refractivity contribution < 1.29 is 14.8 Å². The first-order valence-electron chi connectivity index (χ1n) is 5.62. The zero-order chi connectivity index (χ0) is 15.0. The first-order valence-corrected chi connectivity index (χ1v) is 5.62. The molecule has 0 aliphatic carbocycles. The monoisotopic (exact) mass is 286 g/mol. The van der Waals surface area contributed by atoms with Crippen molar-refractivity contribution in [2.75, 3.05) is 0 Å². The van der Waals surface area contributed by atoms with E-state index in [1.165, 1.54) is 18.5 Å². The lowest BCUT2D eigenvalue weighted by Crippen LogP contribution is -2.04. The fraction of sp³-hybridized carbons (Fsp3) is 0. The Morgan fingerprint density at radius 1 is 1.29 bits per heavy atom. The van der Waals surface area contributed by atoms with Gasteiger partial charge in [0.15, 0.2) is 11.5 Å². The topological polar surface area (TPSA) is 137 Å². The number of hydrogen-bond acceptors (Lipinski definition) is 7. The van der Waals surface area contributed by atoms with E-state index in [9.17, 15) is 14.9 Å². The quantitative estimate of drug-likeness (QED) is 0.551. The molecule has 0 spiro atoms. The average Bonchev–Trinajstić information content (AvgIpc) is 2.92. The third-order valence-corrected chi connectivity index (χ3v) is 2.65. The van der Waals surface area contributed by atoms with Gasteiger partial charge in [-0.25, -0.2) is 19.4 Å². The molecule has 3 rings (SSSR count). The molecule has 10 heteroatoms. The summed E-state index contributed by atoms with van der Waals surface area (Å²) in [5, 5.41) is 23.4. The molecule has 3 aromatic rings. The maximum absolute atomic E-state index is 11.0. The van der Waals surface area contributed by atoms with E-state index in [4.69, 9.17) is 5.11 Å². The first kappa shape index (κ1) is 12.6. The standard InChI is InChI=1S/C11H6N6O4/c18-11(19)9-7(17(20)21)5-16(15-9)8-2-1-6-10(14-8)13-4-3-12-6/h1-5H,(H,18,19). The van der Waals surface area contributed by atoms with Gasteiger partial charge in [0, 0.05) is 12.4 Å². The van der Waals surface area contributed by atoms with Gasteiger partial charge in [0.2, 0.25) is 5.69 Å². The van der Waals surface area contributed by atoms with E-state index in [1.54, 1.807) is 6.07 Å². The second-order valence-electron chi connectivity index (χ2n) is 3.94. The Labute approximate surface area is 115 Å². The Morgan fingerprint density at radius 2 is 2.05 bits per heavy atom. The Balaban J connectivity index is 2.16. The lowest BCUT2D eigenvalue weighted by molar-refractivity contribution is -0.385. The number of nitro groups is 1. The molecule has 0 saturated heterocycles. The van der Waals surface area contributed by atoms with Crippen molar-refractivity contribution >= 4 is 22.8 Å². The summed E-state index contributed by atoms with van der Waals surface area (Å²) in [4.78, 5) is 33.1. The van der Waals surface area contributed by atoms with Gasteiger partial charge < -0.3 is 5.11 Å². The van der Waals surface area contributed by atoms with Gasteiger partial charge >= 0.3 is 11.7 Å². The third kappa shape index (κ3) is 2.14. The largest absolute Gasteiger partial charge is 0.476 e. The summed E-state index contributed by atoms with van der Waals surface area (Å²) in [6, 6.07) is 3.12.